The van der Waals surface area contributed by atoms with Gasteiger partial charge in [0.1, 0.15) is 16.6 Å². The monoisotopic (exact) mass is 251 g/mol. The summed E-state index contributed by atoms with van der Waals surface area (Å²) in [5, 5.41) is 3.94. The Kier molecular flexibility index (Phi) is 3.06. The second kappa shape index (κ2) is 4.50. The normalized spacial score (nSPS) is 10.2. The van der Waals surface area contributed by atoms with Crippen molar-refractivity contribution < 1.29 is 9.13 Å². The van der Waals surface area contributed by atoms with Gasteiger partial charge in [-0.3, -0.25) is 4.68 Å². The number of rotatable bonds is 3. The first-order valence-corrected chi connectivity index (χ1v) is 5.23. The Morgan fingerprint density at radius 1 is 1.53 bits per heavy atom. The smallest absolute Gasteiger partial charge is 0.165 e. The van der Waals surface area contributed by atoms with Gasteiger partial charge >= 0.3 is 0 Å². The molecule has 1 heterocycles. The van der Waals surface area contributed by atoms with Crippen LogP contribution in [0.1, 0.15) is 5.56 Å². The summed E-state index contributed by atoms with van der Waals surface area (Å²) >= 11 is 4.80. The van der Waals surface area contributed by atoms with Crippen LogP contribution in [0.2, 0.25) is 0 Å². The highest BCUT2D eigenvalue weighted by Gasteiger charge is 2.13. The Hall–Kier alpha value is -1.95. The van der Waals surface area contributed by atoms with Gasteiger partial charge in [-0.1, -0.05) is 18.3 Å². The van der Waals surface area contributed by atoms with Crippen LogP contribution in [0, 0.1) is 5.82 Å². The van der Waals surface area contributed by atoms with Crippen molar-refractivity contribution in [2.75, 3.05) is 0 Å². The van der Waals surface area contributed by atoms with E-state index in [1.807, 2.05) is 0 Å². The van der Waals surface area contributed by atoms with Gasteiger partial charge in [0.2, 0.25) is 0 Å². The zero-order valence-corrected chi connectivity index (χ0v) is 9.87. The van der Waals surface area contributed by atoms with Crippen molar-refractivity contribution in [1.29, 1.82) is 0 Å². The van der Waals surface area contributed by atoms with E-state index in [0.29, 0.717) is 5.75 Å². The Morgan fingerprint density at radius 2 is 2.29 bits per heavy atom. The Balaban J connectivity index is 2.39. The fourth-order valence-corrected chi connectivity index (χ4v) is 1.61. The fourth-order valence-electron chi connectivity index (χ4n) is 1.41. The summed E-state index contributed by atoms with van der Waals surface area (Å²) in [7, 11) is 1.76. The fraction of sp³-hybridized carbons (Fsp3) is 0.0909. The highest BCUT2D eigenvalue weighted by Crippen LogP contribution is 2.26. The molecule has 6 heteroatoms. The number of hydrogen-bond acceptors (Lipinski definition) is 3. The quantitative estimate of drug-likeness (QED) is 0.847. The van der Waals surface area contributed by atoms with Crippen LogP contribution in [0.4, 0.5) is 4.39 Å². The summed E-state index contributed by atoms with van der Waals surface area (Å²) in [4.78, 5) is -0.0398. The van der Waals surface area contributed by atoms with Crippen LogP contribution in [0.5, 0.6) is 11.5 Å². The molecule has 0 radical (unpaired) electrons. The second-order valence-corrected chi connectivity index (χ2v) is 3.87. The average molecular weight is 251 g/mol. The molecule has 0 aliphatic carbocycles. The summed E-state index contributed by atoms with van der Waals surface area (Å²) in [5.74, 6) is 0.278. The first-order valence-electron chi connectivity index (χ1n) is 4.83. The van der Waals surface area contributed by atoms with Gasteiger partial charge in [-0.25, -0.2) is 4.39 Å². The second-order valence-electron chi connectivity index (χ2n) is 3.43. The molecule has 1 aromatic heterocycles. The molecule has 2 aromatic rings. The lowest BCUT2D eigenvalue weighted by molar-refractivity contribution is 0.475. The van der Waals surface area contributed by atoms with Crippen LogP contribution in [0.15, 0.2) is 30.6 Å². The number of nitrogens with zero attached hydrogens (tertiary/aromatic N) is 2. The van der Waals surface area contributed by atoms with E-state index >= 15 is 0 Å². The molecule has 2 N–H and O–H groups in total. The SMILES string of the molecule is Cn1cc(Oc2cccc(F)c2C(N)=S)cn1. The summed E-state index contributed by atoms with van der Waals surface area (Å²) in [6.45, 7) is 0. The molecule has 88 valence electrons. The Bertz CT molecular complexity index is 568. The van der Waals surface area contributed by atoms with Crippen LogP contribution in [-0.4, -0.2) is 14.8 Å². The predicted octanol–water partition coefficient (Wildman–Crippen LogP) is 1.99. The molecule has 0 bridgehead atoms. The van der Waals surface area contributed by atoms with Crippen LogP contribution >= 0.6 is 12.2 Å². The molecule has 0 fully saturated rings. The van der Waals surface area contributed by atoms with E-state index in [0.717, 1.165) is 0 Å². The number of benzene rings is 1. The number of nitrogens with two attached hydrogens (primary N) is 1. The molecule has 17 heavy (non-hydrogen) atoms. The summed E-state index contributed by atoms with van der Waals surface area (Å²) in [6, 6.07) is 4.41. The molecule has 1 aromatic carbocycles. The highest BCUT2D eigenvalue weighted by atomic mass is 32.1. The van der Waals surface area contributed by atoms with Crippen molar-refractivity contribution in [2.45, 2.75) is 0 Å². The van der Waals surface area contributed by atoms with Crippen molar-refractivity contribution in [1.82, 2.24) is 9.78 Å². The molecule has 0 atom stereocenters. The largest absolute Gasteiger partial charge is 0.453 e. The van der Waals surface area contributed by atoms with Gasteiger partial charge in [0, 0.05) is 7.05 Å². The standard InChI is InChI=1S/C11H10FN3OS/c1-15-6-7(5-14-15)16-9-4-2-3-8(12)10(9)11(13)17/h2-6H,1H3,(H2,13,17). The lowest BCUT2D eigenvalue weighted by atomic mass is 10.2. The third-order valence-corrected chi connectivity index (χ3v) is 2.33. The van der Waals surface area contributed by atoms with Crippen LogP contribution in [0.3, 0.4) is 0 Å². The molecule has 0 amide bonds. The van der Waals surface area contributed by atoms with Crippen molar-refractivity contribution in [3.8, 4) is 11.5 Å². The molecule has 0 unspecified atom stereocenters. The summed E-state index contributed by atoms with van der Waals surface area (Å²) in [6.07, 6.45) is 3.18. The third-order valence-electron chi connectivity index (χ3n) is 2.13. The van der Waals surface area contributed by atoms with Crippen molar-refractivity contribution in [3.05, 3.63) is 42.0 Å². The zero-order chi connectivity index (χ0) is 12.4. The first-order chi connectivity index (χ1) is 8.08. The number of halogens is 1. The average Bonchev–Trinajstić information content (AvgIpc) is 2.63. The first kappa shape index (κ1) is 11.5. The Morgan fingerprint density at radius 3 is 2.88 bits per heavy atom. The van der Waals surface area contributed by atoms with Gasteiger partial charge < -0.3 is 10.5 Å². The summed E-state index contributed by atoms with van der Waals surface area (Å²) in [5.41, 5.74) is 5.57. The van der Waals surface area contributed by atoms with E-state index in [9.17, 15) is 4.39 Å². The maximum absolute atomic E-state index is 13.5. The number of thiocarbonyl (C=S) groups is 1. The molecule has 0 aliphatic rings. The van der Waals surface area contributed by atoms with E-state index < -0.39 is 5.82 Å². The van der Waals surface area contributed by atoms with E-state index in [2.05, 4.69) is 5.10 Å². The number of ether oxygens (including phenoxy) is 1. The van der Waals surface area contributed by atoms with Crippen LogP contribution < -0.4 is 10.5 Å². The molecule has 0 spiro atoms. The lowest BCUT2D eigenvalue weighted by Crippen LogP contribution is -2.13. The minimum absolute atomic E-state index is 0.0398. The lowest BCUT2D eigenvalue weighted by Gasteiger charge is -2.09. The Labute approximate surface area is 103 Å². The van der Waals surface area contributed by atoms with Crippen LogP contribution in [0.25, 0.3) is 0 Å². The van der Waals surface area contributed by atoms with Gasteiger partial charge in [0.15, 0.2) is 5.75 Å². The molecule has 2 rings (SSSR count). The van der Waals surface area contributed by atoms with Gasteiger partial charge in [-0.15, -0.1) is 0 Å². The minimum atomic E-state index is -0.501. The van der Waals surface area contributed by atoms with Crippen molar-refractivity contribution in [3.63, 3.8) is 0 Å². The van der Waals surface area contributed by atoms with Crippen LogP contribution in [-0.2, 0) is 7.05 Å². The number of aromatic nitrogens is 2. The van der Waals surface area contributed by atoms with Gasteiger partial charge in [-0.05, 0) is 12.1 Å². The topological polar surface area (TPSA) is 53.1 Å². The molecule has 4 nitrogen and oxygen atoms in total. The number of hydrogen-bond donors (Lipinski definition) is 1. The van der Waals surface area contributed by atoms with Gasteiger partial charge in [0.05, 0.1) is 18.0 Å². The van der Waals surface area contributed by atoms with E-state index in [1.165, 1.54) is 18.3 Å². The maximum Gasteiger partial charge on any atom is 0.165 e. The number of aryl methyl sites for hydroxylation is 1. The zero-order valence-electron chi connectivity index (χ0n) is 9.05. The van der Waals surface area contributed by atoms with E-state index in [4.69, 9.17) is 22.7 Å². The minimum Gasteiger partial charge on any atom is -0.453 e. The molecule has 0 aliphatic heterocycles. The third kappa shape index (κ3) is 2.42. The van der Waals surface area contributed by atoms with Gasteiger partial charge in [-0.2, -0.15) is 5.10 Å². The summed E-state index contributed by atoms with van der Waals surface area (Å²) < 4.78 is 20.6. The predicted molar refractivity (Wildman–Crippen MR) is 65.6 cm³/mol. The van der Waals surface area contributed by atoms with Crippen molar-refractivity contribution >= 4 is 17.2 Å². The molecular formula is C11H10FN3OS. The van der Waals surface area contributed by atoms with Crippen molar-refractivity contribution in [2.24, 2.45) is 12.8 Å². The maximum atomic E-state index is 13.5. The molecule has 0 saturated carbocycles. The van der Waals surface area contributed by atoms with Gasteiger partial charge in [0.25, 0.3) is 0 Å². The van der Waals surface area contributed by atoms with E-state index in [-0.39, 0.29) is 16.3 Å². The van der Waals surface area contributed by atoms with E-state index in [1.54, 1.807) is 24.0 Å². The molecular weight excluding hydrogens is 241 g/mol. The highest BCUT2D eigenvalue weighted by molar-refractivity contribution is 7.80. The molecule has 0 saturated heterocycles.